The Hall–Kier alpha value is -3.82. The van der Waals surface area contributed by atoms with Gasteiger partial charge in [0.25, 0.3) is 0 Å². The smallest absolute Gasteiger partial charge is 0.407 e. The van der Waals surface area contributed by atoms with Crippen LogP contribution in [0.2, 0.25) is 0 Å². The number of nitrogens with zero attached hydrogens (tertiary/aromatic N) is 2. The van der Waals surface area contributed by atoms with Crippen molar-refractivity contribution in [2.75, 3.05) is 13.2 Å². The van der Waals surface area contributed by atoms with E-state index in [2.05, 4.69) is 30.6 Å². The molecule has 3 aromatic rings. The molecule has 2 aromatic heterocycles. The second kappa shape index (κ2) is 12.8. The number of hydrogen-bond donors (Lipinski definition) is 4. The van der Waals surface area contributed by atoms with E-state index < -0.39 is 12.2 Å². The molecule has 1 aromatic carbocycles. The highest BCUT2D eigenvalue weighted by Gasteiger charge is 2.05. The molecular weight excluding hydrogens is 412 g/mol. The lowest BCUT2D eigenvalue weighted by Gasteiger charge is -2.09. The largest absolute Gasteiger partial charge is 0.450 e. The first-order chi connectivity index (χ1) is 15.7. The zero-order chi connectivity index (χ0) is 22.4. The first kappa shape index (κ1) is 22.9. The van der Waals surface area contributed by atoms with Crippen LogP contribution >= 0.6 is 0 Å². The van der Waals surface area contributed by atoms with Gasteiger partial charge in [-0.15, -0.1) is 0 Å². The number of hydrogen-bond acceptors (Lipinski definition) is 6. The zero-order valence-electron chi connectivity index (χ0n) is 17.8. The molecule has 4 N–H and O–H groups in total. The van der Waals surface area contributed by atoms with Crippen LogP contribution in [-0.4, -0.2) is 45.3 Å². The fourth-order valence-electron chi connectivity index (χ4n) is 3.00. The maximum absolute atomic E-state index is 11.8. The van der Waals surface area contributed by atoms with Gasteiger partial charge < -0.3 is 30.1 Å². The van der Waals surface area contributed by atoms with E-state index in [1.807, 2.05) is 24.3 Å². The minimum Gasteiger partial charge on any atom is -0.450 e. The van der Waals surface area contributed by atoms with E-state index in [9.17, 15) is 9.59 Å². The SMILES string of the molecule is O=C(NCc1cccc(CNC(=O)OCCCc2cnc[nH]2)c1)OCCCc1cnc[nH]1. The van der Waals surface area contributed by atoms with E-state index in [-0.39, 0.29) is 0 Å². The number of benzene rings is 1. The number of ether oxygens (including phenoxy) is 2. The van der Waals surface area contributed by atoms with Crippen molar-refractivity contribution in [3.05, 3.63) is 71.8 Å². The molecule has 0 fully saturated rings. The standard InChI is InChI=1S/C22H28N6O4/c29-21(31-8-2-6-19-13-23-15-27-19)25-11-17-4-1-5-18(10-17)12-26-22(30)32-9-3-7-20-14-24-16-28-20/h1,4-5,10,13-16H,2-3,6-9,11-12H2,(H,23,27)(H,24,28)(H,25,29)(H,26,30). The molecule has 0 bridgehead atoms. The van der Waals surface area contributed by atoms with Gasteiger partial charge in [-0.25, -0.2) is 19.6 Å². The number of nitrogens with one attached hydrogen (secondary N) is 4. The quantitative estimate of drug-likeness (QED) is 0.320. The maximum Gasteiger partial charge on any atom is 0.407 e. The summed E-state index contributed by atoms with van der Waals surface area (Å²) >= 11 is 0. The highest BCUT2D eigenvalue weighted by molar-refractivity contribution is 5.67. The van der Waals surface area contributed by atoms with Crippen LogP contribution in [0.5, 0.6) is 0 Å². The third kappa shape index (κ3) is 8.50. The fraction of sp³-hybridized carbons (Fsp3) is 0.364. The Morgan fingerprint density at radius 1 is 0.812 bits per heavy atom. The number of amides is 2. The Morgan fingerprint density at radius 2 is 1.31 bits per heavy atom. The van der Waals surface area contributed by atoms with Crippen molar-refractivity contribution in [3.63, 3.8) is 0 Å². The Morgan fingerprint density at radius 3 is 1.75 bits per heavy atom. The van der Waals surface area contributed by atoms with Crippen LogP contribution < -0.4 is 10.6 Å². The lowest BCUT2D eigenvalue weighted by Crippen LogP contribution is -2.25. The van der Waals surface area contributed by atoms with Crippen molar-refractivity contribution in [1.82, 2.24) is 30.6 Å². The van der Waals surface area contributed by atoms with Gasteiger partial charge in [-0.2, -0.15) is 0 Å². The summed E-state index contributed by atoms with van der Waals surface area (Å²) < 4.78 is 10.4. The topological polar surface area (TPSA) is 134 Å². The highest BCUT2D eigenvalue weighted by Crippen LogP contribution is 2.06. The summed E-state index contributed by atoms with van der Waals surface area (Å²) in [4.78, 5) is 37.6. The minimum absolute atomic E-state index is 0.332. The van der Waals surface area contributed by atoms with Crippen LogP contribution in [0.4, 0.5) is 9.59 Å². The fourth-order valence-corrected chi connectivity index (χ4v) is 3.00. The molecule has 3 rings (SSSR count). The van der Waals surface area contributed by atoms with E-state index >= 15 is 0 Å². The van der Waals surface area contributed by atoms with E-state index in [1.54, 1.807) is 25.0 Å². The van der Waals surface area contributed by atoms with Crippen LogP contribution in [0, 0.1) is 0 Å². The molecule has 0 radical (unpaired) electrons. The molecule has 0 aliphatic rings. The molecule has 32 heavy (non-hydrogen) atoms. The molecular formula is C22H28N6O4. The van der Waals surface area contributed by atoms with Crippen molar-refractivity contribution in [3.8, 4) is 0 Å². The van der Waals surface area contributed by atoms with Gasteiger partial charge in [-0.05, 0) is 36.8 Å². The van der Waals surface area contributed by atoms with Crippen molar-refractivity contribution in [2.45, 2.75) is 38.8 Å². The third-order valence-corrected chi connectivity index (χ3v) is 4.62. The number of aromatic nitrogens is 4. The van der Waals surface area contributed by atoms with Crippen molar-refractivity contribution in [1.29, 1.82) is 0 Å². The van der Waals surface area contributed by atoms with Gasteiger partial charge in [0.2, 0.25) is 0 Å². The van der Waals surface area contributed by atoms with Crippen LogP contribution in [0.3, 0.4) is 0 Å². The maximum atomic E-state index is 11.8. The average molecular weight is 441 g/mol. The number of rotatable bonds is 12. The van der Waals surface area contributed by atoms with Gasteiger partial charge in [0.05, 0.1) is 25.9 Å². The van der Waals surface area contributed by atoms with Gasteiger partial charge in [-0.3, -0.25) is 0 Å². The zero-order valence-corrected chi connectivity index (χ0v) is 17.8. The molecule has 0 saturated heterocycles. The monoisotopic (exact) mass is 440 g/mol. The van der Waals surface area contributed by atoms with Crippen molar-refractivity contribution >= 4 is 12.2 Å². The number of carbonyl (C=O) groups excluding carboxylic acids is 2. The Balaban J connectivity index is 1.27. The molecule has 0 unspecified atom stereocenters. The number of aromatic amines is 2. The average Bonchev–Trinajstić information content (AvgIpc) is 3.51. The van der Waals surface area contributed by atoms with E-state index in [4.69, 9.17) is 9.47 Å². The molecule has 170 valence electrons. The van der Waals surface area contributed by atoms with Crippen LogP contribution in [0.1, 0.15) is 35.4 Å². The molecule has 2 amide bonds. The predicted molar refractivity (Wildman–Crippen MR) is 117 cm³/mol. The van der Waals surface area contributed by atoms with Crippen molar-refractivity contribution < 1.29 is 19.1 Å². The van der Waals surface area contributed by atoms with Crippen LogP contribution in [0.25, 0.3) is 0 Å². The first-order valence-corrected chi connectivity index (χ1v) is 10.5. The lowest BCUT2D eigenvalue weighted by atomic mass is 10.1. The molecule has 0 spiro atoms. The lowest BCUT2D eigenvalue weighted by molar-refractivity contribution is 0.143. The first-order valence-electron chi connectivity index (χ1n) is 10.5. The summed E-state index contributed by atoms with van der Waals surface area (Å²) in [6, 6.07) is 7.59. The number of alkyl carbamates (subject to hydrolysis) is 2. The molecule has 10 nitrogen and oxygen atoms in total. The van der Waals surface area contributed by atoms with E-state index in [0.717, 1.165) is 48.2 Å². The summed E-state index contributed by atoms with van der Waals surface area (Å²) in [5.74, 6) is 0. The van der Waals surface area contributed by atoms with E-state index in [1.165, 1.54) is 0 Å². The number of aryl methyl sites for hydroxylation is 2. The normalized spacial score (nSPS) is 10.5. The Bertz CT molecular complexity index is 870. The summed E-state index contributed by atoms with van der Waals surface area (Å²) in [5.41, 5.74) is 3.84. The molecule has 10 heteroatoms. The van der Waals surface area contributed by atoms with Crippen LogP contribution in [-0.2, 0) is 35.4 Å². The molecule has 2 heterocycles. The molecule has 0 atom stereocenters. The van der Waals surface area contributed by atoms with Crippen molar-refractivity contribution in [2.24, 2.45) is 0 Å². The summed E-state index contributed by atoms with van der Waals surface area (Å²) in [5, 5.41) is 5.46. The van der Waals surface area contributed by atoms with E-state index in [0.29, 0.717) is 26.3 Å². The molecule has 0 aliphatic heterocycles. The summed E-state index contributed by atoms with van der Waals surface area (Å²) in [7, 11) is 0. The number of carbonyl (C=O) groups is 2. The van der Waals surface area contributed by atoms with Gasteiger partial charge in [-0.1, -0.05) is 24.3 Å². The predicted octanol–water partition coefficient (Wildman–Crippen LogP) is 2.85. The Kier molecular flexibility index (Phi) is 9.13. The van der Waals surface area contributed by atoms with Gasteiger partial charge >= 0.3 is 12.2 Å². The Labute approximate surface area is 186 Å². The second-order valence-corrected chi connectivity index (χ2v) is 7.16. The molecule has 0 aliphatic carbocycles. The molecule has 0 saturated carbocycles. The third-order valence-electron chi connectivity index (χ3n) is 4.62. The minimum atomic E-state index is -0.461. The summed E-state index contributed by atoms with van der Waals surface area (Å²) in [6.45, 7) is 1.34. The van der Waals surface area contributed by atoms with Gasteiger partial charge in [0.1, 0.15) is 0 Å². The number of H-pyrrole nitrogens is 2. The van der Waals surface area contributed by atoms with Crippen LogP contribution in [0.15, 0.2) is 49.3 Å². The number of imidazole rings is 2. The highest BCUT2D eigenvalue weighted by atomic mass is 16.6. The van der Waals surface area contributed by atoms with Gasteiger partial charge in [0, 0.05) is 36.9 Å². The second-order valence-electron chi connectivity index (χ2n) is 7.16. The summed E-state index contributed by atoms with van der Waals surface area (Å²) in [6.07, 6.45) is 8.82. The van der Waals surface area contributed by atoms with Gasteiger partial charge in [0.15, 0.2) is 0 Å².